The number of hydrogen-bond donors (Lipinski definition) is 1. The van der Waals surface area contributed by atoms with E-state index in [0.29, 0.717) is 5.56 Å². The van der Waals surface area contributed by atoms with Gasteiger partial charge in [0.15, 0.2) is 0 Å². The van der Waals surface area contributed by atoms with E-state index in [0.717, 1.165) is 17.3 Å². The van der Waals surface area contributed by atoms with Crippen molar-refractivity contribution in [3.63, 3.8) is 0 Å². The highest BCUT2D eigenvalue weighted by atomic mass is 16.5. The fraction of sp³-hybridized carbons (Fsp3) is 0.278. The Kier molecular flexibility index (Phi) is 3.65. The van der Waals surface area contributed by atoms with Crippen LogP contribution in [0.25, 0.3) is 0 Å². The monoisotopic (exact) mass is 281 g/mol. The highest BCUT2D eigenvalue weighted by molar-refractivity contribution is 5.90. The lowest BCUT2D eigenvalue weighted by molar-refractivity contribution is 0.0601. The predicted octanol–water partition coefficient (Wildman–Crippen LogP) is 4.40. The molecule has 3 rings (SSSR count). The molecular formula is C18H19NO2. The van der Waals surface area contributed by atoms with Crippen molar-refractivity contribution in [3.8, 4) is 0 Å². The molecule has 2 aromatic carbocycles. The van der Waals surface area contributed by atoms with Gasteiger partial charge in [-0.3, -0.25) is 0 Å². The third-order valence-corrected chi connectivity index (χ3v) is 3.86. The van der Waals surface area contributed by atoms with Crippen LogP contribution in [-0.2, 0) is 4.74 Å². The number of aryl methyl sites for hydroxylation is 1. The first-order valence-electron chi connectivity index (χ1n) is 7.23. The summed E-state index contributed by atoms with van der Waals surface area (Å²) in [6, 6.07) is 13.9. The van der Waals surface area contributed by atoms with E-state index in [4.69, 9.17) is 4.74 Å². The van der Waals surface area contributed by atoms with Crippen LogP contribution in [0.3, 0.4) is 0 Å². The van der Waals surface area contributed by atoms with Gasteiger partial charge in [-0.15, -0.1) is 0 Å². The zero-order chi connectivity index (χ0) is 14.8. The molecule has 0 aromatic heterocycles. The van der Waals surface area contributed by atoms with Crippen molar-refractivity contribution in [2.75, 3.05) is 12.4 Å². The summed E-state index contributed by atoms with van der Waals surface area (Å²) < 4.78 is 4.75. The van der Waals surface area contributed by atoms with Crippen molar-refractivity contribution in [1.82, 2.24) is 0 Å². The number of rotatable bonds is 4. The van der Waals surface area contributed by atoms with E-state index in [1.54, 1.807) is 12.1 Å². The lowest BCUT2D eigenvalue weighted by atomic mass is 10.1. The molecule has 1 aliphatic carbocycles. The lowest BCUT2D eigenvalue weighted by Gasteiger charge is -2.12. The second kappa shape index (κ2) is 5.60. The second-order valence-corrected chi connectivity index (χ2v) is 5.55. The molecule has 21 heavy (non-hydrogen) atoms. The Morgan fingerprint density at radius 2 is 2.00 bits per heavy atom. The average Bonchev–Trinajstić information content (AvgIpc) is 3.33. The zero-order valence-corrected chi connectivity index (χ0v) is 12.3. The van der Waals surface area contributed by atoms with Crippen molar-refractivity contribution >= 4 is 17.3 Å². The molecule has 0 aliphatic heterocycles. The third kappa shape index (κ3) is 3.07. The summed E-state index contributed by atoms with van der Waals surface area (Å²) in [7, 11) is 1.39. The molecule has 3 nitrogen and oxygen atoms in total. The van der Waals surface area contributed by atoms with E-state index in [1.165, 1.54) is 31.1 Å². The molecule has 3 heteroatoms. The van der Waals surface area contributed by atoms with Gasteiger partial charge in [-0.2, -0.15) is 0 Å². The van der Waals surface area contributed by atoms with Crippen LogP contribution in [0.2, 0.25) is 0 Å². The molecular weight excluding hydrogens is 262 g/mol. The first-order valence-corrected chi connectivity index (χ1v) is 7.23. The molecule has 1 saturated carbocycles. The number of methoxy groups -OCH3 is 1. The van der Waals surface area contributed by atoms with Gasteiger partial charge in [0.2, 0.25) is 0 Å². The molecule has 0 amide bonds. The van der Waals surface area contributed by atoms with E-state index < -0.39 is 0 Å². The Labute approximate surface area is 124 Å². The van der Waals surface area contributed by atoms with Crippen LogP contribution in [0.5, 0.6) is 0 Å². The Hall–Kier alpha value is -2.29. The van der Waals surface area contributed by atoms with E-state index in [1.807, 2.05) is 12.1 Å². The SMILES string of the molecule is COC(=O)c1cccc(Nc2ccc(C3CC3)cc2C)c1. The van der Waals surface area contributed by atoms with Crippen LogP contribution >= 0.6 is 0 Å². The van der Waals surface area contributed by atoms with Gasteiger partial charge < -0.3 is 10.1 Å². The van der Waals surface area contributed by atoms with Gasteiger partial charge in [-0.25, -0.2) is 4.79 Å². The first kappa shape index (κ1) is 13.7. The minimum Gasteiger partial charge on any atom is -0.465 e. The summed E-state index contributed by atoms with van der Waals surface area (Å²) in [5, 5.41) is 3.37. The van der Waals surface area contributed by atoms with E-state index in [2.05, 4.69) is 30.4 Å². The molecule has 0 atom stereocenters. The fourth-order valence-corrected chi connectivity index (χ4v) is 2.49. The maximum absolute atomic E-state index is 11.6. The largest absolute Gasteiger partial charge is 0.465 e. The topological polar surface area (TPSA) is 38.3 Å². The number of ether oxygens (including phenoxy) is 1. The maximum atomic E-state index is 11.6. The highest BCUT2D eigenvalue weighted by Gasteiger charge is 2.23. The van der Waals surface area contributed by atoms with Crippen LogP contribution in [0.15, 0.2) is 42.5 Å². The van der Waals surface area contributed by atoms with Crippen molar-refractivity contribution in [1.29, 1.82) is 0 Å². The minimum absolute atomic E-state index is 0.320. The summed E-state index contributed by atoms with van der Waals surface area (Å²) in [6.45, 7) is 2.11. The molecule has 0 saturated heterocycles. The average molecular weight is 281 g/mol. The predicted molar refractivity (Wildman–Crippen MR) is 84.2 cm³/mol. The molecule has 0 unspecified atom stereocenters. The van der Waals surface area contributed by atoms with Gasteiger partial charge in [-0.05, 0) is 61.1 Å². The second-order valence-electron chi connectivity index (χ2n) is 5.55. The van der Waals surface area contributed by atoms with E-state index in [9.17, 15) is 4.79 Å². The third-order valence-electron chi connectivity index (χ3n) is 3.86. The van der Waals surface area contributed by atoms with Crippen LogP contribution in [-0.4, -0.2) is 13.1 Å². The standard InChI is InChI=1S/C18H19NO2/c1-12-10-14(13-6-7-13)8-9-17(12)19-16-5-3-4-15(11-16)18(20)21-2/h3-5,8-11,13,19H,6-7H2,1-2H3. The van der Waals surface area contributed by atoms with Crippen molar-refractivity contribution < 1.29 is 9.53 Å². The van der Waals surface area contributed by atoms with Gasteiger partial charge in [0, 0.05) is 11.4 Å². The number of hydrogen-bond acceptors (Lipinski definition) is 3. The Morgan fingerprint density at radius 1 is 1.19 bits per heavy atom. The number of anilines is 2. The van der Waals surface area contributed by atoms with Crippen molar-refractivity contribution in [3.05, 3.63) is 59.2 Å². The van der Waals surface area contributed by atoms with E-state index >= 15 is 0 Å². The van der Waals surface area contributed by atoms with Crippen LogP contribution < -0.4 is 5.32 Å². The molecule has 108 valence electrons. The Balaban J connectivity index is 1.81. The van der Waals surface area contributed by atoms with Crippen LogP contribution in [0.1, 0.15) is 40.2 Å². The summed E-state index contributed by atoms with van der Waals surface area (Å²) in [5.41, 5.74) is 5.17. The van der Waals surface area contributed by atoms with Crippen molar-refractivity contribution in [2.24, 2.45) is 0 Å². The molecule has 1 aliphatic rings. The van der Waals surface area contributed by atoms with E-state index in [-0.39, 0.29) is 5.97 Å². The van der Waals surface area contributed by atoms with Gasteiger partial charge in [0.05, 0.1) is 12.7 Å². The number of carbonyl (C=O) groups is 1. The van der Waals surface area contributed by atoms with Crippen LogP contribution in [0, 0.1) is 6.92 Å². The number of esters is 1. The van der Waals surface area contributed by atoms with Gasteiger partial charge in [-0.1, -0.05) is 18.2 Å². The molecule has 1 N–H and O–H groups in total. The Bertz CT molecular complexity index is 675. The quantitative estimate of drug-likeness (QED) is 0.844. The molecule has 0 bridgehead atoms. The van der Waals surface area contributed by atoms with Crippen LogP contribution in [0.4, 0.5) is 11.4 Å². The maximum Gasteiger partial charge on any atom is 0.337 e. The number of benzene rings is 2. The molecule has 0 spiro atoms. The molecule has 1 fully saturated rings. The highest BCUT2D eigenvalue weighted by Crippen LogP contribution is 2.41. The first-order chi connectivity index (χ1) is 10.2. The number of nitrogens with one attached hydrogen (secondary N) is 1. The molecule has 2 aromatic rings. The van der Waals surface area contributed by atoms with Gasteiger partial charge in [0.25, 0.3) is 0 Å². The van der Waals surface area contributed by atoms with Gasteiger partial charge in [0.1, 0.15) is 0 Å². The van der Waals surface area contributed by atoms with Gasteiger partial charge >= 0.3 is 5.97 Å². The smallest absolute Gasteiger partial charge is 0.337 e. The summed E-state index contributed by atoms with van der Waals surface area (Å²) in [4.78, 5) is 11.6. The Morgan fingerprint density at radius 3 is 2.67 bits per heavy atom. The fourth-order valence-electron chi connectivity index (χ4n) is 2.49. The lowest BCUT2D eigenvalue weighted by Crippen LogP contribution is -2.02. The molecule has 0 radical (unpaired) electrons. The van der Waals surface area contributed by atoms with Crippen molar-refractivity contribution in [2.45, 2.75) is 25.7 Å². The summed E-state index contributed by atoms with van der Waals surface area (Å²) in [6.07, 6.45) is 2.63. The zero-order valence-electron chi connectivity index (χ0n) is 12.3. The summed E-state index contributed by atoms with van der Waals surface area (Å²) in [5.74, 6) is 0.444. The number of carbonyl (C=O) groups excluding carboxylic acids is 1. The minimum atomic E-state index is -0.320. The normalized spacial score (nSPS) is 13.8. The summed E-state index contributed by atoms with van der Waals surface area (Å²) >= 11 is 0. The molecule has 0 heterocycles.